The average Bonchev–Trinajstić information content (AvgIpc) is 2.80. The number of hydrogen-bond acceptors (Lipinski definition) is 4. The molecule has 0 aliphatic carbocycles. The third-order valence-corrected chi connectivity index (χ3v) is 2.87. The fourth-order valence-corrected chi connectivity index (χ4v) is 1.74. The van der Waals surface area contributed by atoms with Crippen LogP contribution in [0.3, 0.4) is 0 Å². The van der Waals surface area contributed by atoms with Gasteiger partial charge in [0.05, 0.1) is 12.7 Å². The van der Waals surface area contributed by atoms with Crippen LogP contribution in [0.2, 0.25) is 0 Å². The summed E-state index contributed by atoms with van der Waals surface area (Å²) in [5.74, 6) is -0.411. The average molecular weight is 258 g/mol. The number of aryl methyl sites for hydroxylation is 1. The van der Waals surface area contributed by atoms with Crippen molar-refractivity contribution in [2.45, 2.75) is 13.8 Å². The van der Waals surface area contributed by atoms with Gasteiger partial charge in [-0.2, -0.15) is 0 Å². The number of hydrogen-bond donors (Lipinski definition) is 0. The van der Waals surface area contributed by atoms with Crippen LogP contribution in [0.15, 0.2) is 41.7 Å². The van der Waals surface area contributed by atoms with Gasteiger partial charge in [-0.3, -0.25) is 4.79 Å². The van der Waals surface area contributed by atoms with Gasteiger partial charge in [0.2, 0.25) is 5.78 Å². The molecule has 19 heavy (non-hydrogen) atoms. The maximum absolute atomic E-state index is 11.8. The minimum atomic E-state index is -0.568. The lowest BCUT2D eigenvalue weighted by Gasteiger charge is -2.07. The van der Waals surface area contributed by atoms with Gasteiger partial charge >= 0.3 is 5.97 Å². The van der Waals surface area contributed by atoms with Crippen LogP contribution < -0.4 is 0 Å². The van der Waals surface area contributed by atoms with Gasteiger partial charge in [-0.05, 0) is 13.8 Å². The molecular formula is C15H14O4. The smallest absolute Gasteiger partial charge is 0.337 e. The predicted octanol–water partition coefficient (Wildman–Crippen LogP) is 2.38. The molecule has 4 heteroatoms. The van der Waals surface area contributed by atoms with Crippen molar-refractivity contribution >= 4 is 17.5 Å². The number of carbonyl (C=O) groups is 2. The van der Waals surface area contributed by atoms with E-state index < -0.39 is 5.97 Å². The highest BCUT2D eigenvalue weighted by atomic mass is 16.5. The summed E-state index contributed by atoms with van der Waals surface area (Å²) in [5, 5.41) is 0. The topological polar surface area (TPSA) is 52.6 Å². The van der Waals surface area contributed by atoms with Crippen LogP contribution in [0.1, 0.15) is 18.1 Å². The zero-order valence-electron chi connectivity index (χ0n) is 11.0. The first-order valence-electron chi connectivity index (χ1n) is 5.83. The molecule has 0 atom stereocenters. The maximum Gasteiger partial charge on any atom is 0.337 e. The number of methoxy groups -OCH3 is 1. The van der Waals surface area contributed by atoms with Crippen molar-refractivity contribution in [2.75, 3.05) is 7.11 Å². The highest BCUT2D eigenvalue weighted by molar-refractivity contribution is 6.13. The highest BCUT2D eigenvalue weighted by Crippen LogP contribution is 2.28. The lowest BCUT2D eigenvalue weighted by Crippen LogP contribution is -2.08. The lowest BCUT2D eigenvalue weighted by molar-refractivity contribution is -0.136. The number of ketones is 1. The molecule has 1 aliphatic rings. The number of carbonyl (C=O) groups excluding carboxylic acids is 2. The Morgan fingerprint density at radius 3 is 2.42 bits per heavy atom. The van der Waals surface area contributed by atoms with Crippen molar-refractivity contribution in [3.05, 3.63) is 52.8 Å². The number of benzene rings is 1. The number of rotatable bonds is 2. The molecule has 0 saturated heterocycles. The van der Waals surface area contributed by atoms with E-state index in [4.69, 9.17) is 4.74 Å². The minimum absolute atomic E-state index is 0.0300. The van der Waals surface area contributed by atoms with Crippen molar-refractivity contribution in [1.82, 2.24) is 0 Å². The Labute approximate surface area is 111 Å². The fourth-order valence-electron chi connectivity index (χ4n) is 1.74. The number of esters is 1. The van der Waals surface area contributed by atoms with E-state index in [0.29, 0.717) is 5.76 Å². The summed E-state index contributed by atoms with van der Waals surface area (Å²) in [5.41, 5.74) is 2.09. The van der Waals surface area contributed by atoms with E-state index in [9.17, 15) is 9.59 Å². The summed E-state index contributed by atoms with van der Waals surface area (Å²) in [6.07, 6.45) is 1.38. The second-order valence-corrected chi connectivity index (χ2v) is 4.29. The van der Waals surface area contributed by atoms with Crippen LogP contribution in [-0.2, 0) is 19.1 Å². The number of ether oxygens (including phenoxy) is 2. The van der Waals surface area contributed by atoms with E-state index in [1.807, 2.05) is 31.2 Å². The summed E-state index contributed by atoms with van der Waals surface area (Å²) in [6.45, 7) is 3.48. The fraction of sp³-hybridized carbons (Fsp3) is 0.200. The zero-order valence-corrected chi connectivity index (χ0v) is 11.0. The zero-order chi connectivity index (χ0) is 14.0. The Morgan fingerprint density at radius 2 is 1.84 bits per heavy atom. The molecule has 1 aromatic carbocycles. The van der Waals surface area contributed by atoms with Crippen LogP contribution in [-0.4, -0.2) is 18.9 Å². The van der Waals surface area contributed by atoms with E-state index in [0.717, 1.165) is 11.1 Å². The molecule has 98 valence electrons. The molecule has 1 heterocycles. The highest BCUT2D eigenvalue weighted by Gasteiger charge is 2.26. The summed E-state index contributed by atoms with van der Waals surface area (Å²) in [6, 6.07) is 7.59. The van der Waals surface area contributed by atoms with Gasteiger partial charge in [-0.25, -0.2) is 4.79 Å². The number of allylic oxidation sites excluding steroid dienone is 1. The summed E-state index contributed by atoms with van der Waals surface area (Å²) in [7, 11) is 1.26. The molecule has 1 aliphatic heterocycles. The Morgan fingerprint density at radius 1 is 1.21 bits per heavy atom. The predicted molar refractivity (Wildman–Crippen MR) is 70.0 cm³/mol. The monoisotopic (exact) mass is 258 g/mol. The molecule has 0 N–H and O–H groups in total. The lowest BCUT2D eigenvalue weighted by atomic mass is 10.1. The molecule has 0 aromatic heterocycles. The van der Waals surface area contributed by atoms with Crippen LogP contribution in [0.5, 0.6) is 0 Å². The Kier molecular flexibility index (Phi) is 3.51. The maximum atomic E-state index is 11.8. The molecular weight excluding hydrogens is 244 g/mol. The van der Waals surface area contributed by atoms with Gasteiger partial charge in [0, 0.05) is 11.6 Å². The van der Waals surface area contributed by atoms with Gasteiger partial charge in [-0.1, -0.05) is 29.8 Å². The second kappa shape index (κ2) is 5.10. The first-order chi connectivity index (χ1) is 9.02. The quantitative estimate of drug-likeness (QED) is 0.603. The molecule has 0 amide bonds. The van der Waals surface area contributed by atoms with Crippen LogP contribution in [0, 0.1) is 6.92 Å². The largest absolute Gasteiger partial charge is 0.466 e. The third kappa shape index (κ3) is 2.57. The molecule has 1 aromatic rings. The van der Waals surface area contributed by atoms with E-state index in [1.54, 1.807) is 0 Å². The molecule has 0 spiro atoms. The third-order valence-electron chi connectivity index (χ3n) is 2.87. The molecule has 4 nitrogen and oxygen atoms in total. The van der Waals surface area contributed by atoms with Crippen molar-refractivity contribution in [2.24, 2.45) is 0 Å². The van der Waals surface area contributed by atoms with Crippen LogP contribution in [0.25, 0.3) is 5.76 Å². The van der Waals surface area contributed by atoms with Crippen molar-refractivity contribution in [3.63, 3.8) is 0 Å². The summed E-state index contributed by atoms with van der Waals surface area (Å²) in [4.78, 5) is 23.2. The Bertz CT molecular complexity index is 591. The molecule has 0 radical (unpaired) electrons. The van der Waals surface area contributed by atoms with Gasteiger partial charge in [0.15, 0.2) is 5.76 Å². The van der Waals surface area contributed by atoms with Crippen molar-refractivity contribution < 1.29 is 19.1 Å². The minimum Gasteiger partial charge on any atom is -0.466 e. The Balaban J connectivity index is 2.30. The van der Waals surface area contributed by atoms with Crippen LogP contribution in [0.4, 0.5) is 0 Å². The second-order valence-electron chi connectivity index (χ2n) is 4.29. The van der Waals surface area contributed by atoms with Crippen LogP contribution >= 0.6 is 0 Å². The van der Waals surface area contributed by atoms with Gasteiger partial charge < -0.3 is 9.47 Å². The van der Waals surface area contributed by atoms with Gasteiger partial charge in [0.1, 0.15) is 5.76 Å². The first kappa shape index (κ1) is 13.1. The summed E-state index contributed by atoms with van der Waals surface area (Å²) < 4.78 is 10.1. The molecule has 2 rings (SSSR count). The van der Waals surface area contributed by atoms with Gasteiger partial charge in [0.25, 0.3) is 0 Å². The molecule has 0 bridgehead atoms. The Hall–Kier alpha value is -2.36. The van der Waals surface area contributed by atoms with E-state index in [2.05, 4.69) is 4.74 Å². The van der Waals surface area contributed by atoms with Crippen molar-refractivity contribution in [1.29, 1.82) is 0 Å². The van der Waals surface area contributed by atoms with Crippen molar-refractivity contribution in [3.8, 4) is 0 Å². The SMILES string of the molecule is COC(=O)/C(C)=C1/OC(c2ccc(C)cc2)=CC1=O. The first-order valence-corrected chi connectivity index (χ1v) is 5.83. The van der Waals surface area contributed by atoms with E-state index in [-0.39, 0.29) is 17.1 Å². The summed E-state index contributed by atoms with van der Waals surface area (Å²) >= 11 is 0. The van der Waals surface area contributed by atoms with E-state index >= 15 is 0 Å². The van der Waals surface area contributed by atoms with E-state index in [1.165, 1.54) is 20.1 Å². The standard InChI is InChI=1S/C15H14O4/c1-9-4-6-11(7-5-9)13-8-12(16)14(19-13)10(2)15(17)18-3/h4-8H,1-3H3/b14-10+. The van der Waals surface area contributed by atoms with Gasteiger partial charge in [-0.15, -0.1) is 0 Å². The molecule has 0 unspecified atom stereocenters. The molecule has 0 fully saturated rings. The molecule has 0 saturated carbocycles. The normalized spacial score (nSPS) is 16.8.